The maximum Gasteiger partial charge on any atom is 0.331 e. The summed E-state index contributed by atoms with van der Waals surface area (Å²) in [5.41, 5.74) is 6.47. The van der Waals surface area contributed by atoms with Crippen LogP contribution in [0.15, 0.2) is 48.5 Å². The molecule has 2 heterocycles. The van der Waals surface area contributed by atoms with Gasteiger partial charge in [0.05, 0.1) is 0 Å². The Hall–Kier alpha value is -2.93. The first kappa shape index (κ1) is 19.8. The molecule has 0 aliphatic carbocycles. The highest BCUT2D eigenvalue weighted by atomic mass is 32.1. The van der Waals surface area contributed by atoms with Gasteiger partial charge in [-0.1, -0.05) is 30.3 Å². The van der Waals surface area contributed by atoms with Crippen molar-refractivity contribution in [3.05, 3.63) is 53.4 Å². The molecule has 1 aromatic heterocycles. The monoisotopic (exact) mass is 398 g/mol. The Morgan fingerprint density at radius 1 is 1.14 bits per heavy atom. The van der Waals surface area contributed by atoms with Gasteiger partial charge in [0, 0.05) is 22.4 Å². The molecule has 3 rings (SSSR count). The number of benzene rings is 1. The van der Waals surface area contributed by atoms with E-state index in [1.807, 2.05) is 42.5 Å². The van der Waals surface area contributed by atoms with E-state index in [0.29, 0.717) is 13.0 Å². The van der Waals surface area contributed by atoms with Crippen LogP contribution in [0.4, 0.5) is 0 Å². The average molecular weight is 398 g/mol. The molecule has 2 amide bonds. The van der Waals surface area contributed by atoms with Gasteiger partial charge in [-0.05, 0) is 43.0 Å². The first-order valence-electron chi connectivity index (χ1n) is 9.13. The van der Waals surface area contributed by atoms with Gasteiger partial charge in [-0.15, -0.1) is 11.3 Å². The Kier molecular flexibility index (Phi) is 6.60. The third-order valence-electron chi connectivity index (χ3n) is 4.56. The summed E-state index contributed by atoms with van der Waals surface area (Å²) in [6.07, 6.45) is 5.18. The Morgan fingerprint density at radius 3 is 2.68 bits per heavy atom. The van der Waals surface area contributed by atoms with Crippen LogP contribution in [0.25, 0.3) is 16.5 Å². The maximum atomic E-state index is 12.3. The SMILES string of the molecule is NC(=O)[C@H]1CCCCN1C(=O)COC(=O)/C=C/c1ccc(-c2ccccc2)s1. The minimum absolute atomic E-state index is 0.396. The number of carbonyl (C=O) groups is 3. The number of nitrogens with two attached hydrogens (primary N) is 1. The zero-order valence-electron chi connectivity index (χ0n) is 15.4. The molecule has 28 heavy (non-hydrogen) atoms. The number of thiophene rings is 1. The standard InChI is InChI=1S/C21H22N2O4S/c22-21(26)17-8-4-5-13-23(17)19(24)14-27-20(25)12-10-16-9-11-18(28-16)15-6-2-1-3-7-15/h1-3,6-7,9-12,17H,4-5,8,13-14H2,(H2,22,26)/b12-10+/t17-/m1/s1. The Morgan fingerprint density at radius 2 is 1.93 bits per heavy atom. The van der Waals surface area contributed by atoms with E-state index in [9.17, 15) is 14.4 Å². The second-order valence-electron chi connectivity index (χ2n) is 6.51. The number of likely N-dealkylation sites (tertiary alicyclic amines) is 1. The fourth-order valence-corrected chi connectivity index (χ4v) is 4.06. The van der Waals surface area contributed by atoms with Crippen LogP contribution in [0, 0.1) is 0 Å². The first-order chi connectivity index (χ1) is 13.5. The highest BCUT2D eigenvalue weighted by Gasteiger charge is 2.30. The molecule has 0 saturated carbocycles. The predicted octanol–water partition coefficient (Wildman–Crippen LogP) is 2.84. The van der Waals surface area contributed by atoms with Gasteiger partial charge in [0.25, 0.3) is 5.91 Å². The van der Waals surface area contributed by atoms with Crippen molar-refractivity contribution in [2.75, 3.05) is 13.2 Å². The molecule has 6 nitrogen and oxygen atoms in total. The fraction of sp³-hybridized carbons (Fsp3) is 0.286. The summed E-state index contributed by atoms with van der Waals surface area (Å²) in [4.78, 5) is 39.1. The summed E-state index contributed by atoms with van der Waals surface area (Å²) < 4.78 is 5.03. The number of nitrogens with zero attached hydrogens (tertiary/aromatic N) is 1. The van der Waals surface area contributed by atoms with E-state index >= 15 is 0 Å². The number of primary amides is 1. The van der Waals surface area contributed by atoms with Crippen LogP contribution in [0.5, 0.6) is 0 Å². The Bertz CT molecular complexity index is 876. The molecule has 1 saturated heterocycles. The molecule has 0 unspecified atom stereocenters. The van der Waals surface area contributed by atoms with Crippen LogP contribution in [0.1, 0.15) is 24.1 Å². The van der Waals surface area contributed by atoms with E-state index in [1.165, 1.54) is 11.0 Å². The zero-order chi connectivity index (χ0) is 19.9. The normalized spacial score (nSPS) is 16.9. The van der Waals surface area contributed by atoms with Crippen molar-refractivity contribution in [3.63, 3.8) is 0 Å². The number of hydrogen-bond donors (Lipinski definition) is 1. The molecule has 2 aromatic rings. The van der Waals surface area contributed by atoms with Crippen molar-refractivity contribution in [1.29, 1.82) is 0 Å². The second kappa shape index (κ2) is 9.32. The summed E-state index contributed by atoms with van der Waals surface area (Å²) in [5, 5.41) is 0. The second-order valence-corrected chi connectivity index (χ2v) is 7.63. The lowest BCUT2D eigenvalue weighted by Crippen LogP contribution is -2.51. The molecule has 1 aromatic carbocycles. The van der Waals surface area contributed by atoms with Gasteiger partial charge in [0.1, 0.15) is 6.04 Å². The number of esters is 1. The minimum atomic E-state index is -0.613. The minimum Gasteiger partial charge on any atom is -0.452 e. The zero-order valence-corrected chi connectivity index (χ0v) is 16.2. The highest BCUT2D eigenvalue weighted by molar-refractivity contribution is 7.16. The van der Waals surface area contributed by atoms with Crippen molar-refractivity contribution in [2.45, 2.75) is 25.3 Å². The van der Waals surface area contributed by atoms with Gasteiger partial charge >= 0.3 is 5.97 Å². The number of piperidine rings is 1. The summed E-state index contributed by atoms with van der Waals surface area (Å²) in [6.45, 7) is 0.0595. The quantitative estimate of drug-likeness (QED) is 0.598. The number of hydrogen-bond acceptors (Lipinski definition) is 5. The number of rotatable bonds is 6. The van der Waals surface area contributed by atoms with Crippen LogP contribution < -0.4 is 5.73 Å². The van der Waals surface area contributed by atoms with E-state index in [1.54, 1.807) is 17.4 Å². The lowest BCUT2D eigenvalue weighted by Gasteiger charge is -2.33. The highest BCUT2D eigenvalue weighted by Crippen LogP contribution is 2.28. The largest absolute Gasteiger partial charge is 0.452 e. The first-order valence-corrected chi connectivity index (χ1v) is 9.95. The molecule has 7 heteroatoms. The lowest BCUT2D eigenvalue weighted by atomic mass is 10.0. The van der Waals surface area contributed by atoms with Crippen LogP contribution in [0.2, 0.25) is 0 Å². The molecule has 2 N–H and O–H groups in total. The van der Waals surface area contributed by atoms with E-state index in [2.05, 4.69) is 0 Å². The van der Waals surface area contributed by atoms with Crippen molar-refractivity contribution in [2.24, 2.45) is 5.73 Å². The van der Waals surface area contributed by atoms with E-state index < -0.39 is 30.4 Å². The summed E-state index contributed by atoms with van der Waals surface area (Å²) in [5.74, 6) is -1.52. The van der Waals surface area contributed by atoms with Crippen LogP contribution >= 0.6 is 11.3 Å². The van der Waals surface area contributed by atoms with Gasteiger partial charge < -0.3 is 15.4 Å². The molecule has 0 bridgehead atoms. The van der Waals surface area contributed by atoms with E-state index in [4.69, 9.17) is 10.5 Å². The van der Waals surface area contributed by atoms with Gasteiger partial charge in [0.2, 0.25) is 5.91 Å². The molecule has 1 aliphatic heterocycles. The van der Waals surface area contributed by atoms with Crippen LogP contribution in [-0.2, 0) is 19.1 Å². The average Bonchev–Trinajstić information content (AvgIpc) is 3.20. The van der Waals surface area contributed by atoms with Crippen molar-refractivity contribution in [1.82, 2.24) is 4.90 Å². The molecule has 146 valence electrons. The molecule has 1 aliphatic rings. The fourth-order valence-electron chi connectivity index (χ4n) is 3.14. The lowest BCUT2D eigenvalue weighted by molar-refractivity contribution is -0.151. The smallest absolute Gasteiger partial charge is 0.331 e. The van der Waals surface area contributed by atoms with Gasteiger partial charge in [-0.25, -0.2) is 4.79 Å². The van der Waals surface area contributed by atoms with Crippen LogP contribution in [-0.4, -0.2) is 41.9 Å². The number of ether oxygens (including phenoxy) is 1. The Labute approximate surface area is 167 Å². The number of amides is 2. The molecule has 1 fully saturated rings. The van der Waals surface area contributed by atoms with Crippen molar-refractivity contribution in [3.8, 4) is 10.4 Å². The van der Waals surface area contributed by atoms with Gasteiger partial charge in [0.15, 0.2) is 6.61 Å². The third-order valence-corrected chi connectivity index (χ3v) is 5.66. The predicted molar refractivity (Wildman–Crippen MR) is 108 cm³/mol. The summed E-state index contributed by atoms with van der Waals surface area (Å²) >= 11 is 1.56. The topological polar surface area (TPSA) is 89.7 Å². The molecule has 1 atom stereocenters. The maximum absolute atomic E-state index is 12.3. The molecule has 0 radical (unpaired) electrons. The molecular formula is C21H22N2O4S. The van der Waals surface area contributed by atoms with Gasteiger partial charge in [-0.3, -0.25) is 9.59 Å². The van der Waals surface area contributed by atoms with Crippen molar-refractivity contribution < 1.29 is 19.1 Å². The summed E-state index contributed by atoms with van der Waals surface area (Å²) in [7, 11) is 0. The summed E-state index contributed by atoms with van der Waals surface area (Å²) in [6, 6.07) is 13.3. The third kappa shape index (κ3) is 5.07. The van der Waals surface area contributed by atoms with Crippen molar-refractivity contribution >= 4 is 35.2 Å². The molecule has 0 spiro atoms. The van der Waals surface area contributed by atoms with Gasteiger partial charge in [-0.2, -0.15) is 0 Å². The van der Waals surface area contributed by atoms with Crippen LogP contribution in [0.3, 0.4) is 0 Å². The van der Waals surface area contributed by atoms with E-state index in [-0.39, 0.29) is 0 Å². The van der Waals surface area contributed by atoms with E-state index in [0.717, 1.165) is 28.2 Å². The Balaban J connectivity index is 1.52. The molecular weight excluding hydrogens is 376 g/mol. The number of carbonyl (C=O) groups excluding carboxylic acids is 3.